The van der Waals surface area contributed by atoms with Crippen molar-refractivity contribution in [1.82, 2.24) is 15.3 Å². The van der Waals surface area contributed by atoms with Gasteiger partial charge in [0.15, 0.2) is 0 Å². The van der Waals surface area contributed by atoms with Gasteiger partial charge in [0.05, 0.1) is 11.0 Å². The average molecular weight is 300 g/mol. The molecule has 1 aromatic rings. The van der Waals surface area contributed by atoms with Gasteiger partial charge in [0.1, 0.15) is 5.82 Å². The summed E-state index contributed by atoms with van der Waals surface area (Å²) in [6, 6.07) is 0. The first kappa shape index (κ1) is 12.1. The zero-order valence-corrected chi connectivity index (χ0v) is 11.1. The van der Waals surface area contributed by atoms with Gasteiger partial charge in [-0.1, -0.05) is 0 Å². The number of amides is 1. The summed E-state index contributed by atoms with van der Waals surface area (Å²) < 4.78 is 0.800. The molecule has 2 heterocycles. The summed E-state index contributed by atoms with van der Waals surface area (Å²) in [6.45, 7) is 4.49. The Bertz CT molecular complexity index is 425. The molecule has 0 radical (unpaired) electrons. The lowest BCUT2D eigenvalue weighted by Gasteiger charge is -2.28. The number of anilines is 2. The Morgan fingerprint density at radius 2 is 2.47 bits per heavy atom. The van der Waals surface area contributed by atoms with Crippen LogP contribution >= 0.6 is 15.9 Å². The van der Waals surface area contributed by atoms with Crippen LogP contribution in [0.4, 0.5) is 11.8 Å². The van der Waals surface area contributed by atoms with Crippen molar-refractivity contribution in [3.63, 3.8) is 0 Å². The Hall–Kier alpha value is -1.37. The number of carbonyl (C=O) groups is 1. The summed E-state index contributed by atoms with van der Waals surface area (Å²) >= 11 is 3.41. The van der Waals surface area contributed by atoms with Crippen molar-refractivity contribution in [2.45, 2.75) is 6.92 Å². The Morgan fingerprint density at radius 3 is 3.18 bits per heavy atom. The lowest BCUT2D eigenvalue weighted by Crippen LogP contribution is -2.48. The van der Waals surface area contributed by atoms with Crippen LogP contribution in [0.2, 0.25) is 0 Å². The summed E-state index contributed by atoms with van der Waals surface area (Å²) in [5, 5.41) is 5.84. The number of aromatic nitrogens is 2. The standard InChI is InChI=1S/C10H14BrN5O/c1-2-12-10-14-5-7(11)9(15-10)16-4-3-13-8(17)6-16/h5H,2-4,6H2,1H3,(H,13,17)(H,12,14,15). The fourth-order valence-corrected chi connectivity index (χ4v) is 2.08. The molecule has 2 rings (SSSR count). The van der Waals surface area contributed by atoms with E-state index in [1.807, 2.05) is 11.8 Å². The molecule has 1 aromatic heterocycles. The highest BCUT2D eigenvalue weighted by Gasteiger charge is 2.20. The maximum Gasteiger partial charge on any atom is 0.239 e. The molecule has 1 saturated heterocycles. The van der Waals surface area contributed by atoms with Crippen LogP contribution in [0, 0.1) is 0 Å². The van der Waals surface area contributed by atoms with Gasteiger partial charge in [0, 0.05) is 25.8 Å². The van der Waals surface area contributed by atoms with Crippen molar-refractivity contribution < 1.29 is 4.79 Å². The molecule has 1 aliphatic heterocycles. The number of carbonyl (C=O) groups excluding carboxylic acids is 1. The van der Waals surface area contributed by atoms with Crippen molar-refractivity contribution in [3.8, 4) is 0 Å². The predicted octanol–water partition coefficient (Wildman–Crippen LogP) is 0.607. The molecular weight excluding hydrogens is 286 g/mol. The smallest absolute Gasteiger partial charge is 0.239 e. The Balaban J connectivity index is 2.23. The number of piperazine rings is 1. The van der Waals surface area contributed by atoms with Crippen LogP contribution in [0.5, 0.6) is 0 Å². The second kappa shape index (κ2) is 5.31. The number of rotatable bonds is 3. The van der Waals surface area contributed by atoms with Crippen LogP contribution < -0.4 is 15.5 Å². The molecule has 7 heteroatoms. The van der Waals surface area contributed by atoms with Gasteiger partial charge in [-0.05, 0) is 22.9 Å². The largest absolute Gasteiger partial charge is 0.354 e. The highest BCUT2D eigenvalue weighted by Crippen LogP contribution is 2.24. The van der Waals surface area contributed by atoms with Crippen LogP contribution in [-0.4, -0.2) is 42.1 Å². The molecule has 92 valence electrons. The summed E-state index contributed by atoms with van der Waals surface area (Å²) in [7, 11) is 0. The molecule has 0 aromatic carbocycles. The van der Waals surface area contributed by atoms with E-state index < -0.39 is 0 Å². The molecular formula is C10H14BrN5O. The van der Waals surface area contributed by atoms with Crippen LogP contribution in [0.3, 0.4) is 0 Å². The van der Waals surface area contributed by atoms with E-state index in [-0.39, 0.29) is 5.91 Å². The fraction of sp³-hybridized carbons (Fsp3) is 0.500. The molecule has 1 amide bonds. The molecule has 6 nitrogen and oxygen atoms in total. The van der Waals surface area contributed by atoms with Crippen molar-refractivity contribution in [2.24, 2.45) is 0 Å². The Morgan fingerprint density at radius 1 is 1.65 bits per heavy atom. The van der Waals surface area contributed by atoms with E-state index in [0.29, 0.717) is 19.0 Å². The van der Waals surface area contributed by atoms with E-state index >= 15 is 0 Å². The molecule has 0 aliphatic carbocycles. The monoisotopic (exact) mass is 299 g/mol. The van der Waals surface area contributed by atoms with Gasteiger partial charge in [-0.3, -0.25) is 4.79 Å². The van der Waals surface area contributed by atoms with E-state index in [1.165, 1.54) is 0 Å². The first-order valence-electron chi connectivity index (χ1n) is 5.48. The molecule has 0 unspecified atom stereocenters. The second-order valence-electron chi connectivity index (χ2n) is 3.67. The molecule has 17 heavy (non-hydrogen) atoms. The highest BCUT2D eigenvalue weighted by molar-refractivity contribution is 9.10. The average Bonchev–Trinajstić information content (AvgIpc) is 2.32. The number of nitrogens with zero attached hydrogens (tertiary/aromatic N) is 3. The van der Waals surface area contributed by atoms with Crippen molar-refractivity contribution in [3.05, 3.63) is 10.7 Å². The van der Waals surface area contributed by atoms with Crippen molar-refractivity contribution in [1.29, 1.82) is 0 Å². The second-order valence-corrected chi connectivity index (χ2v) is 4.52. The van der Waals surface area contributed by atoms with E-state index in [9.17, 15) is 4.79 Å². The minimum Gasteiger partial charge on any atom is -0.354 e. The third-order valence-corrected chi connectivity index (χ3v) is 2.96. The molecule has 1 fully saturated rings. The van der Waals surface area contributed by atoms with Gasteiger partial charge < -0.3 is 15.5 Å². The first-order valence-corrected chi connectivity index (χ1v) is 6.28. The lowest BCUT2D eigenvalue weighted by molar-refractivity contribution is -0.120. The van der Waals surface area contributed by atoms with E-state index in [0.717, 1.165) is 23.4 Å². The van der Waals surface area contributed by atoms with Crippen molar-refractivity contribution >= 4 is 33.6 Å². The molecule has 1 aliphatic rings. The quantitative estimate of drug-likeness (QED) is 0.856. The topological polar surface area (TPSA) is 70.2 Å². The minimum atomic E-state index is 0.0202. The third-order valence-electron chi connectivity index (χ3n) is 2.40. The van der Waals surface area contributed by atoms with Crippen LogP contribution in [0.25, 0.3) is 0 Å². The molecule has 0 spiro atoms. The van der Waals surface area contributed by atoms with Crippen molar-refractivity contribution in [2.75, 3.05) is 36.4 Å². The maximum absolute atomic E-state index is 11.3. The third kappa shape index (κ3) is 2.85. The maximum atomic E-state index is 11.3. The van der Waals surface area contributed by atoms with Crippen LogP contribution in [-0.2, 0) is 4.79 Å². The van der Waals surface area contributed by atoms with Crippen LogP contribution in [0.1, 0.15) is 6.92 Å². The SMILES string of the molecule is CCNc1ncc(Br)c(N2CCNC(=O)C2)n1. The highest BCUT2D eigenvalue weighted by atomic mass is 79.9. The van der Waals surface area contributed by atoms with E-state index in [2.05, 4.69) is 36.5 Å². The molecule has 0 saturated carbocycles. The minimum absolute atomic E-state index is 0.0202. The Labute approximate surface area is 108 Å². The van der Waals surface area contributed by atoms with Gasteiger partial charge in [-0.25, -0.2) is 4.98 Å². The summed E-state index contributed by atoms with van der Waals surface area (Å²) in [5.41, 5.74) is 0. The summed E-state index contributed by atoms with van der Waals surface area (Å²) in [5.74, 6) is 1.36. The molecule has 0 bridgehead atoms. The first-order chi connectivity index (χ1) is 8.20. The normalized spacial score (nSPS) is 15.6. The number of hydrogen-bond acceptors (Lipinski definition) is 5. The van der Waals surface area contributed by atoms with Gasteiger partial charge in [0.25, 0.3) is 0 Å². The van der Waals surface area contributed by atoms with Gasteiger partial charge in [0.2, 0.25) is 11.9 Å². The van der Waals surface area contributed by atoms with Gasteiger partial charge in [-0.2, -0.15) is 4.98 Å². The number of hydrogen-bond donors (Lipinski definition) is 2. The Kier molecular flexibility index (Phi) is 3.78. The predicted molar refractivity (Wildman–Crippen MR) is 69.1 cm³/mol. The molecule has 2 N–H and O–H groups in total. The number of halogens is 1. The lowest BCUT2D eigenvalue weighted by atomic mass is 10.3. The van der Waals surface area contributed by atoms with E-state index in [4.69, 9.17) is 0 Å². The van der Waals surface area contributed by atoms with E-state index in [1.54, 1.807) is 6.20 Å². The zero-order valence-electron chi connectivity index (χ0n) is 9.53. The fourth-order valence-electron chi connectivity index (χ4n) is 1.64. The summed E-state index contributed by atoms with van der Waals surface area (Å²) in [6.07, 6.45) is 1.70. The van der Waals surface area contributed by atoms with Crippen LogP contribution in [0.15, 0.2) is 10.7 Å². The summed E-state index contributed by atoms with van der Waals surface area (Å²) in [4.78, 5) is 21.8. The zero-order chi connectivity index (χ0) is 12.3. The van der Waals surface area contributed by atoms with Gasteiger partial charge >= 0.3 is 0 Å². The number of nitrogens with one attached hydrogen (secondary N) is 2. The van der Waals surface area contributed by atoms with Gasteiger partial charge in [-0.15, -0.1) is 0 Å². The molecule has 0 atom stereocenters.